The molecule has 0 spiro atoms. The summed E-state index contributed by atoms with van der Waals surface area (Å²) in [6.07, 6.45) is 6.05. The minimum atomic E-state index is 0.230. The summed E-state index contributed by atoms with van der Waals surface area (Å²) >= 11 is 0. The molecule has 4 heteroatoms. The van der Waals surface area contributed by atoms with E-state index in [1.807, 2.05) is 4.90 Å². The average molecular weight is 358 g/mol. The summed E-state index contributed by atoms with van der Waals surface area (Å²) in [7, 11) is 2.26. The maximum absolute atomic E-state index is 11.6. The van der Waals surface area contributed by atoms with Crippen LogP contribution in [0.1, 0.15) is 38.2 Å². The SMILES string of the molecule is CC(=O)N1CCC(N(CCc2ccccc2)CC2CCCN(C)C2)CC1. The number of nitrogens with zero attached hydrogens (tertiary/aromatic N) is 3. The van der Waals surface area contributed by atoms with Gasteiger partial charge in [-0.15, -0.1) is 0 Å². The van der Waals surface area contributed by atoms with Crippen LogP contribution < -0.4 is 0 Å². The molecule has 0 bridgehead atoms. The Morgan fingerprint density at radius 1 is 1.12 bits per heavy atom. The molecule has 144 valence electrons. The quantitative estimate of drug-likeness (QED) is 0.783. The number of hydrogen-bond acceptors (Lipinski definition) is 3. The Labute approximate surface area is 159 Å². The number of piperidine rings is 2. The van der Waals surface area contributed by atoms with Gasteiger partial charge in [0.25, 0.3) is 0 Å². The minimum Gasteiger partial charge on any atom is -0.343 e. The summed E-state index contributed by atoms with van der Waals surface area (Å²) in [6.45, 7) is 8.37. The molecule has 0 saturated carbocycles. The number of hydrogen-bond donors (Lipinski definition) is 0. The molecule has 26 heavy (non-hydrogen) atoms. The van der Waals surface area contributed by atoms with Gasteiger partial charge in [-0.2, -0.15) is 0 Å². The van der Waals surface area contributed by atoms with Gasteiger partial charge in [0.05, 0.1) is 0 Å². The fourth-order valence-electron chi connectivity index (χ4n) is 4.64. The topological polar surface area (TPSA) is 26.8 Å². The van der Waals surface area contributed by atoms with Crippen molar-refractivity contribution >= 4 is 5.91 Å². The van der Waals surface area contributed by atoms with Crippen molar-refractivity contribution in [1.82, 2.24) is 14.7 Å². The van der Waals surface area contributed by atoms with Crippen molar-refractivity contribution in [3.05, 3.63) is 35.9 Å². The second-order valence-electron chi connectivity index (χ2n) is 8.24. The first-order chi connectivity index (χ1) is 12.6. The summed E-state index contributed by atoms with van der Waals surface area (Å²) < 4.78 is 0. The molecule has 2 aliphatic heterocycles. The van der Waals surface area contributed by atoms with E-state index in [0.29, 0.717) is 6.04 Å². The lowest BCUT2D eigenvalue weighted by Gasteiger charge is -2.41. The van der Waals surface area contributed by atoms with E-state index in [0.717, 1.165) is 44.8 Å². The van der Waals surface area contributed by atoms with Crippen LogP contribution in [0.25, 0.3) is 0 Å². The minimum absolute atomic E-state index is 0.230. The first kappa shape index (κ1) is 19.4. The Kier molecular flexibility index (Phi) is 7.09. The lowest BCUT2D eigenvalue weighted by Crippen LogP contribution is -2.49. The molecule has 3 rings (SSSR count). The van der Waals surface area contributed by atoms with E-state index < -0.39 is 0 Å². The van der Waals surface area contributed by atoms with Gasteiger partial charge in [0.2, 0.25) is 5.91 Å². The van der Waals surface area contributed by atoms with Crippen molar-refractivity contribution < 1.29 is 4.79 Å². The molecule has 2 saturated heterocycles. The highest BCUT2D eigenvalue weighted by Gasteiger charge is 2.28. The molecule has 0 aliphatic carbocycles. The number of likely N-dealkylation sites (tertiary alicyclic amines) is 2. The summed E-state index contributed by atoms with van der Waals surface area (Å²) in [6, 6.07) is 11.5. The van der Waals surface area contributed by atoms with Crippen molar-refractivity contribution in [3.8, 4) is 0 Å². The van der Waals surface area contributed by atoms with Crippen molar-refractivity contribution in [2.24, 2.45) is 5.92 Å². The molecule has 2 fully saturated rings. The zero-order valence-electron chi connectivity index (χ0n) is 16.6. The predicted octanol–water partition coefficient (Wildman–Crippen LogP) is 2.88. The molecule has 0 N–H and O–H groups in total. The second-order valence-corrected chi connectivity index (χ2v) is 8.24. The van der Waals surface area contributed by atoms with Crippen LogP contribution in [0.4, 0.5) is 0 Å². The fraction of sp³-hybridized carbons (Fsp3) is 0.682. The predicted molar refractivity (Wildman–Crippen MR) is 107 cm³/mol. The van der Waals surface area contributed by atoms with Crippen molar-refractivity contribution in [2.75, 3.05) is 46.3 Å². The van der Waals surface area contributed by atoms with E-state index in [-0.39, 0.29) is 5.91 Å². The molecule has 2 aliphatic rings. The van der Waals surface area contributed by atoms with Crippen LogP contribution in [0.5, 0.6) is 0 Å². The van der Waals surface area contributed by atoms with Crippen LogP contribution in [0.3, 0.4) is 0 Å². The van der Waals surface area contributed by atoms with Crippen LogP contribution in [-0.4, -0.2) is 73.0 Å². The van der Waals surface area contributed by atoms with Gasteiger partial charge < -0.3 is 9.80 Å². The van der Waals surface area contributed by atoms with Crippen LogP contribution >= 0.6 is 0 Å². The summed E-state index contributed by atoms with van der Waals surface area (Å²) in [5, 5.41) is 0. The normalized spacial score (nSPS) is 22.7. The maximum atomic E-state index is 11.6. The smallest absolute Gasteiger partial charge is 0.219 e. The molecule has 0 radical (unpaired) electrons. The van der Waals surface area contributed by atoms with Gasteiger partial charge in [0, 0.05) is 45.7 Å². The third-order valence-electron chi connectivity index (χ3n) is 6.17. The van der Waals surface area contributed by atoms with Crippen molar-refractivity contribution in [2.45, 2.75) is 45.1 Å². The van der Waals surface area contributed by atoms with Gasteiger partial charge in [-0.05, 0) is 57.2 Å². The first-order valence-electron chi connectivity index (χ1n) is 10.3. The summed E-state index contributed by atoms with van der Waals surface area (Å²) in [5.41, 5.74) is 1.43. The van der Waals surface area contributed by atoms with Gasteiger partial charge in [-0.25, -0.2) is 0 Å². The zero-order chi connectivity index (χ0) is 18.4. The Bertz CT molecular complexity index is 554. The van der Waals surface area contributed by atoms with Gasteiger partial charge in [0.15, 0.2) is 0 Å². The van der Waals surface area contributed by atoms with Crippen LogP contribution in [0.15, 0.2) is 30.3 Å². The third kappa shape index (κ3) is 5.55. The Morgan fingerprint density at radius 2 is 1.85 bits per heavy atom. The third-order valence-corrected chi connectivity index (χ3v) is 6.17. The van der Waals surface area contributed by atoms with E-state index in [1.54, 1.807) is 6.92 Å². The van der Waals surface area contributed by atoms with E-state index >= 15 is 0 Å². The van der Waals surface area contributed by atoms with Gasteiger partial charge >= 0.3 is 0 Å². The average Bonchev–Trinajstić information content (AvgIpc) is 2.66. The second kappa shape index (κ2) is 9.52. The van der Waals surface area contributed by atoms with E-state index in [2.05, 4.69) is 47.2 Å². The Morgan fingerprint density at radius 3 is 2.50 bits per heavy atom. The first-order valence-corrected chi connectivity index (χ1v) is 10.3. The molecule has 1 atom stereocenters. The lowest BCUT2D eigenvalue weighted by molar-refractivity contribution is -0.130. The zero-order valence-corrected chi connectivity index (χ0v) is 16.6. The largest absolute Gasteiger partial charge is 0.343 e. The number of carbonyl (C=O) groups is 1. The van der Waals surface area contributed by atoms with Crippen LogP contribution in [0.2, 0.25) is 0 Å². The molecule has 2 heterocycles. The van der Waals surface area contributed by atoms with Gasteiger partial charge in [-0.1, -0.05) is 30.3 Å². The highest BCUT2D eigenvalue weighted by Crippen LogP contribution is 2.22. The van der Waals surface area contributed by atoms with Crippen molar-refractivity contribution in [1.29, 1.82) is 0 Å². The van der Waals surface area contributed by atoms with E-state index in [9.17, 15) is 4.79 Å². The van der Waals surface area contributed by atoms with Crippen LogP contribution in [-0.2, 0) is 11.2 Å². The molecular weight excluding hydrogens is 322 g/mol. The van der Waals surface area contributed by atoms with Gasteiger partial charge in [-0.3, -0.25) is 9.69 Å². The number of benzene rings is 1. The Balaban J connectivity index is 1.60. The lowest BCUT2D eigenvalue weighted by atomic mass is 9.95. The standard InChI is InChI=1S/C22H35N3O/c1-19(26)24-15-11-22(12-16-24)25(14-10-20-7-4-3-5-8-20)18-21-9-6-13-23(2)17-21/h3-5,7-8,21-22H,6,9-18H2,1-2H3. The monoisotopic (exact) mass is 357 g/mol. The molecule has 1 unspecified atom stereocenters. The van der Waals surface area contributed by atoms with Gasteiger partial charge in [0.1, 0.15) is 0 Å². The maximum Gasteiger partial charge on any atom is 0.219 e. The van der Waals surface area contributed by atoms with E-state index in [4.69, 9.17) is 0 Å². The molecule has 4 nitrogen and oxygen atoms in total. The Hall–Kier alpha value is -1.39. The van der Waals surface area contributed by atoms with Crippen LogP contribution in [0, 0.1) is 5.92 Å². The fourth-order valence-corrected chi connectivity index (χ4v) is 4.64. The number of amides is 1. The summed E-state index contributed by atoms with van der Waals surface area (Å²) in [4.78, 5) is 18.9. The van der Waals surface area contributed by atoms with E-state index in [1.165, 1.54) is 38.0 Å². The highest BCUT2D eigenvalue weighted by atomic mass is 16.2. The van der Waals surface area contributed by atoms with Crippen molar-refractivity contribution in [3.63, 3.8) is 0 Å². The number of carbonyl (C=O) groups excluding carboxylic acids is 1. The molecule has 1 aromatic rings. The number of rotatable bonds is 6. The molecular formula is C22H35N3O. The highest BCUT2D eigenvalue weighted by molar-refractivity contribution is 5.73. The molecule has 1 aromatic carbocycles. The molecule has 1 amide bonds. The summed E-state index contributed by atoms with van der Waals surface area (Å²) in [5.74, 6) is 1.02. The molecule has 0 aromatic heterocycles.